The summed E-state index contributed by atoms with van der Waals surface area (Å²) in [5.74, 6) is 0.538. The van der Waals surface area contributed by atoms with Crippen molar-refractivity contribution in [3.8, 4) is 0 Å². The van der Waals surface area contributed by atoms with E-state index in [1.165, 1.54) is 0 Å². The summed E-state index contributed by atoms with van der Waals surface area (Å²) in [5, 5.41) is 0. The van der Waals surface area contributed by atoms with Gasteiger partial charge in [0.1, 0.15) is 5.65 Å². The molecule has 0 saturated carbocycles. The smallest absolute Gasteiger partial charge is 0.151 e. The second kappa shape index (κ2) is 4.07. The molecule has 3 rings (SSSR count). The Hall–Kier alpha value is -1.40. The van der Waals surface area contributed by atoms with E-state index in [-0.39, 0.29) is 17.4 Å². The Morgan fingerprint density at radius 2 is 2.22 bits per heavy atom. The lowest BCUT2D eigenvalue weighted by atomic mass is 10.1. The normalized spacial score (nSPS) is 22.6. The maximum atomic E-state index is 11.5. The summed E-state index contributed by atoms with van der Waals surface area (Å²) >= 11 is 0. The summed E-state index contributed by atoms with van der Waals surface area (Å²) in [6.45, 7) is 0.487. The molecular weight excluding hydrogens is 250 g/mol. The maximum Gasteiger partial charge on any atom is 0.151 e. The van der Waals surface area contributed by atoms with Crippen molar-refractivity contribution in [2.24, 2.45) is 5.73 Å². The number of imidazole rings is 1. The summed E-state index contributed by atoms with van der Waals surface area (Å²) in [6, 6.07) is 3.85. The Morgan fingerprint density at radius 3 is 2.89 bits per heavy atom. The van der Waals surface area contributed by atoms with Crippen LogP contribution in [-0.2, 0) is 16.4 Å². The quantitative estimate of drug-likeness (QED) is 0.867. The third-order valence-corrected chi connectivity index (χ3v) is 5.19. The lowest BCUT2D eigenvalue weighted by Gasteiger charge is -2.00. The summed E-state index contributed by atoms with van der Waals surface area (Å²) in [6.07, 6.45) is 4.53. The zero-order valence-corrected chi connectivity index (χ0v) is 10.7. The van der Waals surface area contributed by atoms with Gasteiger partial charge in [0, 0.05) is 24.9 Å². The van der Waals surface area contributed by atoms with E-state index in [4.69, 9.17) is 5.73 Å². The fraction of sp³-hybridized carbons (Fsp3) is 0.417. The van der Waals surface area contributed by atoms with Crippen LogP contribution in [-0.4, -0.2) is 29.3 Å². The highest BCUT2D eigenvalue weighted by Gasteiger charge is 2.30. The zero-order chi connectivity index (χ0) is 12.8. The van der Waals surface area contributed by atoms with Gasteiger partial charge in [0.15, 0.2) is 9.84 Å². The molecule has 3 heterocycles. The third-order valence-electron chi connectivity index (χ3n) is 3.42. The summed E-state index contributed by atoms with van der Waals surface area (Å²) < 4.78 is 24.9. The Balaban J connectivity index is 1.99. The minimum atomic E-state index is -2.86. The van der Waals surface area contributed by atoms with Crippen LogP contribution >= 0.6 is 0 Å². The summed E-state index contributed by atoms with van der Waals surface area (Å²) in [7, 11) is -2.86. The van der Waals surface area contributed by atoms with E-state index in [1.807, 2.05) is 28.9 Å². The number of nitrogens with two attached hydrogens (primary N) is 1. The van der Waals surface area contributed by atoms with Crippen molar-refractivity contribution in [3.63, 3.8) is 0 Å². The second-order valence-electron chi connectivity index (χ2n) is 4.77. The number of hydrogen-bond donors (Lipinski definition) is 1. The highest BCUT2D eigenvalue weighted by Crippen LogP contribution is 2.28. The van der Waals surface area contributed by atoms with Crippen molar-refractivity contribution in [2.75, 3.05) is 11.5 Å². The molecule has 1 fully saturated rings. The Morgan fingerprint density at radius 1 is 1.39 bits per heavy atom. The Kier molecular flexibility index (Phi) is 2.64. The summed E-state index contributed by atoms with van der Waals surface area (Å²) in [5.41, 5.74) is 8.33. The van der Waals surface area contributed by atoms with Crippen LogP contribution in [0.25, 0.3) is 5.65 Å². The van der Waals surface area contributed by atoms with Crippen molar-refractivity contribution in [3.05, 3.63) is 35.8 Å². The number of nitrogens with zero attached hydrogens (tertiary/aromatic N) is 2. The number of rotatable bonds is 2. The van der Waals surface area contributed by atoms with Gasteiger partial charge in [0.05, 0.1) is 17.2 Å². The van der Waals surface area contributed by atoms with Crippen molar-refractivity contribution in [1.29, 1.82) is 0 Å². The third kappa shape index (κ3) is 2.02. The average Bonchev–Trinajstić information content (AvgIpc) is 2.90. The van der Waals surface area contributed by atoms with Gasteiger partial charge in [0.2, 0.25) is 0 Å². The minimum Gasteiger partial charge on any atom is -0.326 e. The number of aromatic nitrogens is 2. The van der Waals surface area contributed by atoms with Crippen molar-refractivity contribution >= 4 is 15.5 Å². The van der Waals surface area contributed by atoms with Gasteiger partial charge in [-0.1, -0.05) is 6.07 Å². The van der Waals surface area contributed by atoms with Crippen LogP contribution in [0.15, 0.2) is 24.5 Å². The fourth-order valence-electron chi connectivity index (χ4n) is 2.40. The predicted molar refractivity (Wildman–Crippen MR) is 69.1 cm³/mol. The molecule has 1 aliphatic rings. The van der Waals surface area contributed by atoms with Crippen LogP contribution in [0.5, 0.6) is 0 Å². The molecule has 0 bridgehead atoms. The lowest BCUT2D eigenvalue weighted by Crippen LogP contribution is -2.03. The molecule has 0 aliphatic carbocycles. The molecule has 96 valence electrons. The SMILES string of the molecule is NCc1ccc2nc(C3CCS(=O)(=O)C3)cn2c1. The van der Waals surface area contributed by atoms with Gasteiger partial charge in [-0.15, -0.1) is 0 Å². The van der Waals surface area contributed by atoms with Crippen molar-refractivity contribution in [1.82, 2.24) is 9.38 Å². The molecule has 6 heteroatoms. The van der Waals surface area contributed by atoms with Gasteiger partial charge in [-0.05, 0) is 18.1 Å². The van der Waals surface area contributed by atoms with E-state index < -0.39 is 9.84 Å². The molecule has 18 heavy (non-hydrogen) atoms. The first-order valence-corrected chi connectivity index (χ1v) is 7.77. The first-order valence-electron chi connectivity index (χ1n) is 5.95. The van der Waals surface area contributed by atoms with Gasteiger partial charge >= 0.3 is 0 Å². The molecule has 0 radical (unpaired) electrons. The molecular formula is C12H15N3O2S. The monoisotopic (exact) mass is 265 g/mol. The molecule has 1 aliphatic heterocycles. The van der Waals surface area contributed by atoms with E-state index in [1.54, 1.807) is 0 Å². The van der Waals surface area contributed by atoms with Gasteiger partial charge < -0.3 is 10.1 Å². The van der Waals surface area contributed by atoms with Crippen molar-refractivity contribution in [2.45, 2.75) is 18.9 Å². The van der Waals surface area contributed by atoms with Crippen LogP contribution in [0, 0.1) is 0 Å². The van der Waals surface area contributed by atoms with Crippen LogP contribution < -0.4 is 5.73 Å². The molecule has 2 N–H and O–H groups in total. The molecule has 0 aromatic carbocycles. The molecule has 1 unspecified atom stereocenters. The second-order valence-corrected chi connectivity index (χ2v) is 7.00. The fourth-order valence-corrected chi connectivity index (χ4v) is 4.16. The van der Waals surface area contributed by atoms with Gasteiger partial charge in [-0.25, -0.2) is 13.4 Å². The number of sulfone groups is 1. The predicted octanol–water partition coefficient (Wildman–Crippen LogP) is 0.695. The molecule has 0 spiro atoms. The van der Waals surface area contributed by atoms with E-state index >= 15 is 0 Å². The standard InChI is InChI=1S/C12H15N3O2S/c13-5-9-1-2-12-14-11(7-15(12)6-9)10-3-4-18(16,17)8-10/h1-2,6-7,10H,3-5,8,13H2. The largest absolute Gasteiger partial charge is 0.326 e. The van der Waals surface area contributed by atoms with Crippen LogP contribution in [0.3, 0.4) is 0 Å². The molecule has 5 nitrogen and oxygen atoms in total. The van der Waals surface area contributed by atoms with E-state index in [2.05, 4.69) is 4.98 Å². The lowest BCUT2D eigenvalue weighted by molar-refractivity contribution is 0.601. The van der Waals surface area contributed by atoms with E-state index in [0.717, 1.165) is 16.9 Å². The number of hydrogen-bond acceptors (Lipinski definition) is 4. The van der Waals surface area contributed by atoms with E-state index in [0.29, 0.717) is 13.0 Å². The highest BCUT2D eigenvalue weighted by atomic mass is 32.2. The first kappa shape index (κ1) is 11.7. The number of pyridine rings is 1. The highest BCUT2D eigenvalue weighted by molar-refractivity contribution is 7.91. The van der Waals surface area contributed by atoms with E-state index in [9.17, 15) is 8.42 Å². The molecule has 2 aromatic heterocycles. The van der Waals surface area contributed by atoms with Crippen molar-refractivity contribution < 1.29 is 8.42 Å². The molecule has 0 amide bonds. The molecule has 1 saturated heterocycles. The van der Waals surface area contributed by atoms with Gasteiger partial charge in [-0.2, -0.15) is 0 Å². The maximum absolute atomic E-state index is 11.5. The Bertz CT molecular complexity index is 690. The number of fused-ring (bicyclic) bond motifs is 1. The van der Waals surface area contributed by atoms with Crippen LogP contribution in [0.1, 0.15) is 23.6 Å². The van der Waals surface area contributed by atoms with Gasteiger partial charge in [0.25, 0.3) is 0 Å². The molecule has 2 aromatic rings. The average molecular weight is 265 g/mol. The zero-order valence-electron chi connectivity index (χ0n) is 9.91. The first-order chi connectivity index (χ1) is 8.57. The summed E-state index contributed by atoms with van der Waals surface area (Å²) in [4.78, 5) is 4.49. The van der Waals surface area contributed by atoms with Crippen LogP contribution in [0.4, 0.5) is 0 Å². The minimum absolute atomic E-state index is 0.0382. The topological polar surface area (TPSA) is 77.5 Å². The van der Waals surface area contributed by atoms with Gasteiger partial charge in [-0.3, -0.25) is 0 Å². The van der Waals surface area contributed by atoms with Crippen LogP contribution in [0.2, 0.25) is 0 Å². The molecule has 1 atom stereocenters. The Labute approximate surface area is 106 Å².